The summed E-state index contributed by atoms with van der Waals surface area (Å²) in [7, 11) is -3.58. The number of benzene rings is 1. The molecule has 140 valence electrons. The maximum atomic E-state index is 12.5. The van der Waals surface area contributed by atoms with Crippen LogP contribution in [0.2, 0.25) is 0 Å². The maximum Gasteiger partial charge on any atom is 0.268 e. The molecule has 0 radical (unpaired) electrons. The van der Waals surface area contributed by atoms with Crippen molar-refractivity contribution in [2.24, 2.45) is 0 Å². The number of carbonyl (C=O) groups excluding carboxylic acids is 1. The van der Waals surface area contributed by atoms with Gasteiger partial charge in [0.25, 0.3) is 5.91 Å². The smallest absolute Gasteiger partial charge is 0.268 e. The van der Waals surface area contributed by atoms with E-state index in [9.17, 15) is 13.2 Å². The average Bonchev–Trinajstić information content (AvgIpc) is 3.13. The zero-order chi connectivity index (χ0) is 18.7. The van der Waals surface area contributed by atoms with Gasteiger partial charge in [-0.05, 0) is 24.1 Å². The van der Waals surface area contributed by atoms with Crippen molar-refractivity contribution in [3.8, 4) is 0 Å². The van der Waals surface area contributed by atoms with E-state index in [-0.39, 0.29) is 22.5 Å². The Labute approximate surface area is 153 Å². The summed E-state index contributed by atoms with van der Waals surface area (Å²) in [6, 6.07) is 9.34. The molecule has 7 nitrogen and oxygen atoms in total. The summed E-state index contributed by atoms with van der Waals surface area (Å²) in [6.45, 7) is 4.98. The van der Waals surface area contributed by atoms with Crippen molar-refractivity contribution in [2.75, 3.05) is 25.0 Å². The molecular formula is C18H24N4O3S. The number of carbonyl (C=O) groups is 1. The number of rotatable bonds is 6. The monoisotopic (exact) mass is 376 g/mol. The van der Waals surface area contributed by atoms with Crippen LogP contribution in [0.5, 0.6) is 0 Å². The molecule has 2 aromatic rings. The van der Waals surface area contributed by atoms with Crippen molar-refractivity contribution in [1.82, 2.24) is 14.6 Å². The molecule has 3 rings (SSSR count). The van der Waals surface area contributed by atoms with Crippen LogP contribution in [0.4, 0.5) is 5.69 Å². The van der Waals surface area contributed by atoms with Gasteiger partial charge in [0, 0.05) is 31.5 Å². The minimum absolute atomic E-state index is 0.0523. The summed E-state index contributed by atoms with van der Waals surface area (Å²) in [5.41, 5.74) is 2.49. The van der Waals surface area contributed by atoms with Gasteiger partial charge in [-0.2, -0.15) is 4.31 Å². The SMILES string of the molecule is CCN(CC)S(=O)(=O)c1c[nH]c(C(=O)NC2CNc3ccccc3C2)c1. The Morgan fingerprint density at radius 3 is 2.73 bits per heavy atom. The Morgan fingerprint density at radius 2 is 2.00 bits per heavy atom. The number of hydrogen-bond acceptors (Lipinski definition) is 4. The predicted octanol–water partition coefficient (Wildman–Crippen LogP) is 1.81. The van der Waals surface area contributed by atoms with E-state index in [4.69, 9.17) is 0 Å². The fraction of sp³-hybridized carbons (Fsp3) is 0.389. The quantitative estimate of drug-likeness (QED) is 0.717. The minimum Gasteiger partial charge on any atom is -0.383 e. The van der Waals surface area contributed by atoms with Crippen molar-refractivity contribution in [3.05, 3.63) is 47.8 Å². The lowest BCUT2D eigenvalue weighted by Crippen LogP contribution is -2.43. The number of aromatic amines is 1. The Balaban J connectivity index is 1.69. The molecule has 1 aliphatic rings. The second kappa shape index (κ2) is 7.51. The number of para-hydroxylation sites is 1. The van der Waals surface area contributed by atoms with Gasteiger partial charge < -0.3 is 15.6 Å². The van der Waals surface area contributed by atoms with Crippen molar-refractivity contribution < 1.29 is 13.2 Å². The highest BCUT2D eigenvalue weighted by Gasteiger charge is 2.25. The van der Waals surface area contributed by atoms with E-state index in [0.717, 1.165) is 17.7 Å². The number of aromatic nitrogens is 1. The lowest BCUT2D eigenvalue weighted by Gasteiger charge is -2.26. The normalized spacial score (nSPS) is 16.8. The molecular weight excluding hydrogens is 352 g/mol. The lowest BCUT2D eigenvalue weighted by molar-refractivity contribution is 0.0934. The zero-order valence-corrected chi connectivity index (χ0v) is 15.8. The molecule has 3 N–H and O–H groups in total. The first-order valence-corrected chi connectivity index (χ1v) is 10.2. The van der Waals surface area contributed by atoms with E-state index in [1.54, 1.807) is 13.8 Å². The Bertz CT molecular complexity index is 887. The van der Waals surface area contributed by atoms with Gasteiger partial charge in [0.1, 0.15) is 10.6 Å². The summed E-state index contributed by atoms with van der Waals surface area (Å²) >= 11 is 0. The highest BCUT2D eigenvalue weighted by atomic mass is 32.2. The molecule has 1 aromatic heterocycles. The van der Waals surface area contributed by atoms with Gasteiger partial charge >= 0.3 is 0 Å². The van der Waals surface area contributed by atoms with Crippen LogP contribution in [-0.4, -0.2) is 49.3 Å². The number of H-pyrrole nitrogens is 1. The highest BCUT2D eigenvalue weighted by molar-refractivity contribution is 7.89. The second-order valence-corrected chi connectivity index (χ2v) is 8.19. The number of hydrogen-bond donors (Lipinski definition) is 3. The van der Waals surface area contributed by atoms with Crippen molar-refractivity contribution >= 4 is 21.6 Å². The maximum absolute atomic E-state index is 12.5. The molecule has 8 heteroatoms. The van der Waals surface area contributed by atoms with Gasteiger partial charge in [0.15, 0.2) is 0 Å². The molecule has 1 atom stereocenters. The number of nitrogens with zero attached hydrogens (tertiary/aromatic N) is 1. The largest absolute Gasteiger partial charge is 0.383 e. The van der Waals surface area contributed by atoms with Gasteiger partial charge in [0.2, 0.25) is 10.0 Å². The molecule has 0 saturated carbocycles. The molecule has 0 fully saturated rings. The minimum atomic E-state index is -3.58. The molecule has 1 amide bonds. The molecule has 0 spiro atoms. The first-order valence-electron chi connectivity index (χ1n) is 8.77. The lowest BCUT2D eigenvalue weighted by atomic mass is 10.00. The summed E-state index contributed by atoms with van der Waals surface area (Å²) in [4.78, 5) is 15.4. The molecule has 1 aromatic carbocycles. The Morgan fingerprint density at radius 1 is 1.27 bits per heavy atom. The average molecular weight is 376 g/mol. The van der Waals surface area contributed by atoms with Crippen LogP contribution < -0.4 is 10.6 Å². The van der Waals surface area contributed by atoms with Gasteiger partial charge in [-0.1, -0.05) is 32.0 Å². The molecule has 0 bridgehead atoms. The first kappa shape index (κ1) is 18.5. The van der Waals surface area contributed by atoms with E-state index in [2.05, 4.69) is 15.6 Å². The van der Waals surface area contributed by atoms with Crippen molar-refractivity contribution in [3.63, 3.8) is 0 Å². The van der Waals surface area contributed by atoms with Crippen LogP contribution in [0.3, 0.4) is 0 Å². The number of nitrogens with one attached hydrogen (secondary N) is 3. The van der Waals surface area contributed by atoms with Crippen LogP contribution >= 0.6 is 0 Å². The number of amides is 1. The molecule has 1 unspecified atom stereocenters. The van der Waals surface area contributed by atoms with E-state index in [0.29, 0.717) is 19.6 Å². The zero-order valence-electron chi connectivity index (χ0n) is 15.0. The Hall–Kier alpha value is -2.32. The van der Waals surface area contributed by atoms with Crippen molar-refractivity contribution in [2.45, 2.75) is 31.2 Å². The number of sulfonamides is 1. The summed E-state index contributed by atoms with van der Waals surface area (Å²) in [6.07, 6.45) is 2.11. The topological polar surface area (TPSA) is 94.3 Å². The third-order valence-electron chi connectivity index (χ3n) is 4.60. The van der Waals surface area contributed by atoms with Gasteiger partial charge in [-0.25, -0.2) is 8.42 Å². The van der Waals surface area contributed by atoms with Crippen LogP contribution in [-0.2, 0) is 16.4 Å². The fourth-order valence-corrected chi connectivity index (χ4v) is 4.63. The van der Waals surface area contributed by atoms with E-state index >= 15 is 0 Å². The summed E-state index contributed by atoms with van der Waals surface area (Å²) in [5.74, 6) is -0.308. The van der Waals surface area contributed by atoms with Crippen LogP contribution in [0.1, 0.15) is 29.9 Å². The number of fused-ring (bicyclic) bond motifs is 1. The second-order valence-electron chi connectivity index (χ2n) is 6.25. The van der Waals surface area contributed by atoms with Crippen molar-refractivity contribution in [1.29, 1.82) is 0 Å². The van der Waals surface area contributed by atoms with Gasteiger partial charge in [-0.15, -0.1) is 0 Å². The fourth-order valence-electron chi connectivity index (χ4n) is 3.17. The highest BCUT2D eigenvalue weighted by Crippen LogP contribution is 2.21. The molecule has 1 aliphatic heterocycles. The molecule has 26 heavy (non-hydrogen) atoms. The molecule has 0 aliphatic carbocycles. The molecule has 0 saturated heterocycles. The van der Waals surface area contributed by atoms with E-state index < -0.39 is 10.0 Å². The molecule has 2 heterocycles. The third kappa shape index (κ3) is 3.61. The Kier molecular flexibility index (Phi) is 5.33. The van der Waals surface area contributed by atoms with Gasteiger partial charge in [-0.3, -0.25) is 4.79 Å². The standard InChI is InChI=1S/C18H24N4O3S/c1-3-22(4-2)26(24,25)15-10-17(20-12-15)18(23)21-14-9-13-7-5-6-8-16(13)19-11-14/h5-8,10,12,14,19-20H,3-4,9,11H2,1-2H3,(H,21,23). The predicted molar refractivity (Wildman–Crippen MR) is 101 cm³/mol. The third-order valence-corrected chi connectivity index (χ3v) is 6.63. The van der Waals surface area contributed by atoms with Crippen LogP contribution in [0.15, 0.2) is 41.4 Å². The van der Waals surface area contributed by atoms with Gasteiger partial charge in [0.05, 0.1) is 6.04 Å². The van der Waals surface area contributed by atoms with E-state index in [1.165, 1.54) is 16.6 Å². The summed E-state index contributed by atoms with van der Waals surface area (Å²) < 4.78 is 26.4. The van der Waals surface area contributed by atoms with Crippen LogP contribution in [0.25, 0.3) is 0 Å². The van der Waals surface area contributed by atoms with E-state index in [1.807, 2.05) is 24.3 Å². The number of anilines is 1. The first-order chi connectivity index (χ1) is 12.5. The van der Waals surface area contributed by atoms with Crippen LogP contribution in [0, 0.1) is 0 Å². The summed E-state index contributed by atoms with van der Waals surface area (Å²) in [5, 5.41) is 6.26.